The fraction of sp³-hybridized carbons (Fsp3) is 0.263. The molecule has 0 aliphatic heterocycles. The molecule has 0 saturated heterocycles. The predicted octanol–water partition coefficient (Wildman–Crippen LogP) is 4.28. The molecule has 0 aliphatic carbocycles. The van der Waals surface area contributed by atoms with Gasteiger partial charge in [0, 0.05) is 17.3 Å². The lowest BCUT2D eigenvalue weighted by Gasteiger charge is -2.23. The van der Waals surface area contributed by atoms with Crippen molar-refractivity contribution in [2.75, 3.05) is 12.4 Å². The molecule has 2 N–H and O–H groups in total. The summed E-state index contributed by atoms with van der Waals surface area (Å²) in [6.07, 6.45) is 0. The molecule has 2 aromatic rings. The average Bonchev–Trinajstić information content (AvgIpc) is 2.60. The fourth-order valence-corrected chi connectivity index (χ4v) is 2.63. The Bertz CT molecular complexity index is 822. The zero-order valence-electron chi connectivity index (χ0n) is 14.7. The second-order valence-corrected chi connectivity index (χ2v) is 7.02. The number of nitrogens with one attached hydrogen (secondary N) is 2. The fourth-order valence-electron chi connectivity index (χ4n) is 2.17. The van der Waals surface area contributed by atoms with Crippen molar-refractivity contribution in [1.29, 1.82) is 0 Å². The van der Waals surface area contributed by atoms with Gasteiger partial charge >= 0.3 is 0 Å². The molecule has 0 unspecified atom stereocenters. The molecule has 0 aromatic heterocycles. The highest BCUT2D eigenvalue weighted by Crippen LogP contribution is 2.28. The van der Waals surface area contributed by atoms with Crippen LogP contribution in [0, 0.1) is 5.41 Å². The van der Waals surface area contributed by atoms with E-state index in [0.717, 1.165) is 5.56 Å². The Morgan fingerprint density at radius 3 is 2.35 bits per heavy atom. The summed E-state index contributed by atoms with van der Waals surface area (Å²) >= 11 is 12.1. The van der Waals surface area contributed by atoms with E-state index >= 15 is 0 Å². The van der Waals surface area contributed by atoms with E-state index in [2.05, 4.69) is 10.6 Å². The zero-order chi connectivity index (χ0) is 19.3. The standard InChI is InChI=1S/C19H20Cl2N2O3/c1-19(2,17(24)22-11-12-6-4-5-7-14(12)20)18(25)23-13-8-9-16(26-3)15(21)10-13/h4-10H,11H2,1-3H3,(H,22,24)(H,23,25). The van der Waals surface area contributed by atoms with Gasteiger partial charge in [0.2, 0.25) is 11.8 Å². The third kappa shape index (κ3) is 4.68. The van der Waals surface area contributed by atoms with Gasteiger partial charge in [-0.15, -0.1) is 0 Å². The summed E-state index contributed by atoms with van der Waals surface area (Å²) in [4.78, 5) is 25.0. The highest BCUT2D eigenvalue weighted by molar-refractivity contribution is 6.32. The Labute approximate surface area is 162 Å². The molecule has 0 atom stereocenters. The van der Waals surface area contributed by atoms with Crippen molar-refractivity contribution in [2.45, 2.75) is 20.4 Å². The van der Waals surface area contributed by atoms with Gasteiger partial charge in [-0.2, -0.15) is 0 Å². The van der Waals surface area contributed by atoms with Gasteiger partial charge in [0.05, 0.1) is 12.1 Å². The number of rotatable bonds is 6. The van der Waals surface area contributed by atoms with Crippen LogP contribution in [0.2, 0.25) is 10.0 Å². The van der Waals surface area contributed by atoms with E-state index in [1.54, 1.807) is 38.1 Å². The van der Waals surface area contributed by atoms with E-state index in [1.165, 1.54) is 7.11 Å². The van der Waals surface area contributed by atoms with Crippen molar-refractivity contribution >= 4 is 40.7 Å². The number of anilines is 1. The molecule has 26 heavy (non-hydrogen) atoms. The summed E-state index contributed by atoms with van der Waals surface area (Å²) in [6.45, 7) is 3.34. The van der Waals surface area contributed by atoms with Gasteiger partial charge in [0.25, 0.3) is 0 Å². The monoisotopic (exact) mass is 394 g/mol. The van der Waals surface area contributed by atoms with Gasteiger partial charge in [0.1, 0.15) is 11.2 Å². The number of hydrogen-bond donors (Lipinski definition) is 2. The molecule has 2 amide bonds. The summed E-state index contributed by atoms with van der Waals surface area (Å²) in [7, 11) is 1.51. The lowest BCUT2D eigenvalue weighted by molar-refractivity contribution is -0.138. The van der Waals surface area contributed by atoms with Crippen LogP contribution in [-0.2, 0) is 16.1 Å². The Hall–Kier alpha value is -2.24. The van der Waals surface area contributed by atoms with E-state index in [-0.39, 0.29) is 6.54 Å². The first-order valence-electron chi connectivity index (χ1n) is 7.92. The van der Waals surface area contributed by atoms with Crippen molar-refractivity contribution in [3.63, 3.8) is 0 Å². The minimum absolute atomic E-state index is 0.240. The molecular weight excluding hydrogens is 375 g/mol. The van der Waals surface area contributed by atoms with E-state index in [4.69, 9.17) is 27.9 Å². The minimum Gasteiger partial charge on any atom is -0.495 e. The topological polar surface area (TPSA) is 67.4 Å². The molecule has 0 spiro atoms. The number of ether oxygens (including phenoxy) is 1. The quantitative estimate of drug-likeness (QED) is 0.718. The van der Waals surface area contributed by atoms with Crippen LogP contribution in [0.5, 0.6) is 5.75 Å². The van der Waals surface area contributed by atoms with E-state index in [0.29, 0.717) is 21.5 Å². The van der Waals surface area contributed by atoms with Crippen molar-refractivity contribution < 1.29 is 14.3 Å². The Morgan fingerprint density at radius 1 is 1.04 bits per heavy atom. The van der Waals surface area contributed by atoms with Crippen LogP contribution in [-0.4, -0.2) is 18.9 Å². The maximum Gasteiger partial charge on any atom is 0.239 e. The number of methoxy groups -OCH3 is 1. The zero-order valence-corrected chi connectivity index (χ0v) is 16.2. The molecule has 5 nitrogen and oxygen atoms in total. The number of benzene rings is 2. The second-order valence-electron chi connectivity index (χ2n) is 6.20. The number of halogens is 2. The SMILES string of the molecule is COc1ccc(NC(=O)C(C)(C)C(=O)NCc2ccccc2Cl)cc1Cl. The molecule has 0 radical (unpaired) electrons. The highest BCUT2D eigenvalue weighted by atomic mass is 35.5. The van der Waals surface area contributed by atoms with Gasteiger partial charge in [-0.1, -0.05) is 41.4 Å². The first kappa shape index (κ1) is 20.1. The van der Waals surface area contributed by atoms with Gasteiger partial charge < -0.3 is 15.4 Å². The largest absolute Gasteiger partial charge is 0.495 e. The van der Waals surface area contributed by atoms with E-state index < -0.39 is 17.2 Å². The number of carbonyl (C=O) groups excluding carboxylic acids is 2. The first-order chi connectivity index (χ1) is 12.3. The van der Waals surface area contributed by atoms with Gasteiger partial charge in [-0.3, -0.25) is 9.59 Å². The van der Waals surface area contributed by atoms with E-state index in [1.807, 2.05) is 18.2 Å². The summed E-state index contributed by atoms with van der Waals surface area (Å²) < 4.78 is 5.07. The predicted molar refractivity (Wildman–Crippen MR) is 104 cm³/mol. The molecule has 7 heteroatoms. The molecule has 0 saturated carbocycles. The van der Waals surface area contributed by atoms with Crippen LogP contribution >= 0.6 is 23.2 Å². The summed E-state index contributed by atoms with van der Waals surface area (Å²) in [5.41, 5.74) is -0.0263. The van der Waals surface area contributed by atoms with Gasteiger partial charge in [0.15, 0.2) is 0 Å². The normalized spacial score (nSPS) is 11.0. The van der Waals surface area contributed by atoms with Gasteiger partial charge in [-0.05, 0) is 43.7 Å². The molecule has 2 aromatic carbocycles. The van der Waals surface area contributed by atoms with Crippen LogP contribution < -0.4 is 15.4 Å². The van der Waals surface area contributed by atoms with Crippen molar-refractivity contribution in [2.24, 2.45) is 5.41 Å². The average molecular weight is 395 g/mol. The molecule has 138 valence electrons. The number of amides is 2. The van der Waals surface area contributed by atoms with Crippen LogP contribution in [0.15, 0.2) is 42.5 Å². The first-order valence-corrected chi connectivity index (χ1v) is 8.68. The third-order valence-electron chi connectivity index (χ3n) is 3.94. The Kier molecular flexibility index (Phi) is 6.51. The van der Waals surface area contributed by atoms with E-state index in [9.17, 15) is 9.59 Å². The van der Waals surface area contributed by atoms with Crippen molar-refractivity contribution in [3.05, 3.63) is 58.1 Å². The summed E-state index contributed by atoms with van der Waals surface area (Å²) in [5.74, 6) is -0.355. The van der Waals surface area contributed by atoms with Gasteiger partial charge in [-0.25, -0.2) is 0 Å². The highest BCUT2D eigenvalue weighted by Gasteiger charge is 2.36. The van der Waals surface area contributed by atoms with Crippen LogP contribution in [0.3, 0.4) is 0 Å². The number of carbonyl (C=O) groups is 2. The minimum atomic E-state index is -1.28. The molecule has 2 rings (SSSR count). The van der Waals surface area contributed by atoms with Crippen LogP contribution in [0.1, 0.15) is 19.4 Å². The maximum absolute atomic E-state index is 12.5. The smallest absolute Gasteiger partial charge is 0.239 e. The second kappa shape index (κ2) is 8.43. The van der Waals surface area contributed by atoms with Crippen LogP contribution in [0.25, 0.3) is 0 Å². The molecule has 0 aliphatic rings. The molecule has 0 fully saturated rings. The lowest BCUT2D eigenvalue weighted by Crippen LogP contribution is -2.44. The molecule has 0 bridgehead atoms. The summed E-state index contributed by atoms with van der Waals surface area (Å²) in [5, 5.41) is 6.37. The molecule has 0 heterocycles. The Balaban J connectivity index is 2.03. The van der Waals surface area contributed by atoms with Crippen molar-refractivity contribution in [1.82, 2.24) is 5.32 Å². The Morgan fingerprint density at radius 2 is 1.73 bits per heavy atom. The summed E-state index contributed by atoms with van der Waals surface area (Å²) in [6, 6.07) is 12.1. The molecular formula is C19H20Cl2N2O3. The lowest BCUT2D eigenvalue weighted by atomic mass is 9.90. The van der Waals surface area contributed by atoms with Crippen molar-refractivity contribution in [3.8, 4) is 5.75 Å². The third-order valence-corrected chi connectivity index (χ3v) is 4.61. The number of hydrogen-bond acceptors (Lipinski definition) is 3. The van der Waals surface area contributed by atoms with Crippen LogP contribution in [0.4, 0.5) is 5.69 Å². The maximum atomic E-state index is 12.5.